The van der Waals surface area contributed by atoms with E-state index in [9.17, 15) is 18.0 Å². The van der Waals surface area contributed by atoms with Gasteiger partial charge < -0.3 is 30.6 Å². The van der Waals surface area contributed by atoms with E-state index in [2.05, 4.69) is 21.6 Å². The molecule has 12 heteroatoms. The van der Waals surface area contributed by atoms with Crippen molar-refractivity contribution in [2.45, 2.75) is 76.3 Å². The zero-order chi connectivity index (χ0) is 35.5. The number of ether oxygens (including phenoxy) is 3. The van der Waals surface area contributed by atoms with E-state index >= 15 is 0 Å². The number of hydrogen-bond acceptors (Lipinski definition) is 7. The lowest BCUT2D eigenvalue weighted by molar-refractivity contribution is -0.145. The Morgan fingerprint density at radius 3 is 2.31 bits per heavy atom. The minimum atomic E-state index is -4.16. The number of nitrogens with two attached hydrogens (primary N) is 1. The summed E-state index contributed by atoms with van der Waals surface area (Å²) >= 11 is 0. The summed E-state index contributed by atoms with van der Waals surface area (Å²) in [5.74, 6) is -0.353. The number of guanidine groups is 1. The van der Waals surface area contributed by atoms with Gasteiger partial charge in [-0.1, -0.05) is 61.2 Å². The zero-order valence-electron chi connectivity index (χ0n) is 28.6. The highest BCUT2D eigenvalue weighted by Gasteiger charge is 2.37. The van der Waals surface area contributed by atoms with Gasteiger partial charge in [-0.2, -0.15) is 8.42 Å². The molecule has 3 aromatic rings. The molecule has 11 nitrogen and oxygen atoms in total. The summed E-state index contributed by atoms with van der Waals surface area (Å²) in [6.45, 7) is 13.1. The first-order valence-electron chi connectivity index (χ1n) is 16.3. The quantitative estimate of drug-likeness (QED) is 0.0752. The molecule has 0 radical (unpaired) electrons. The molecule has 1 atom stereocenters. The Labute approximate surface area is 288 Å². The number of nitrogens with one attached hydrogen (secondary N) is 2. The summed E-state index contributed by atoms with van der Waals surface area (Å²) in [5.41, 5.74) is 12.7. The number of carbonyl (C=O) groups excluding carboxylic acids is 2. The van der Waals surface area contributed by atoms with Gasteiger partial charge in [0.05, 0.1) is 4.90 Å². The Morgan fingerprint density at radius 2 is 1.67 bits per heavy atom. The maximum absolute atomic E-state index is 13.5. The molecule has 1 aliphatic carbocycles. The first-order valence-corrected chi connectivity index (χ1v) is 17.7. The van der Waals surface area contributed by atoms with Crippen molar-refractivity contribution in [1.82, 2.24) is 10.6 Å². The van der Waals surface area contributed by atoms with E-state index in [1.165, 1.54) is 6.08 Å². The summed E-state index contributed by atoms with van der Waals surface area (Å²) < 4.78 is 47.7. The van der Waals surface area contributed by atoms with Gasteiger partial charge in [-0.15, -0.1) is 4.40 Å². The molecular formula is C37H44N4O7S. The molecule has 260 valence electrons. The van der Waals surface area contributed by atoms with Gasteiger partial charge >= 0.3 is 12.1 Å². The second kappa shape index (κ2) is 14.3. The van der Waals surface area contributed by atoms with Crippen LogP contribution in [0.15, 0.2) is 70.5 Å². The van der Waals surface area contributed by atoms with Crippen molar-refractivity contribution >= 4 is 28.0 Å². The van der Waals surface area contributed by atoms with Crippen molar-refractivity contribution in [3.63, 3.8) is 0 Å². The monoisotopic (exact) mass is 688 g/mol. The second-order valence-electron chi connectivity index (χ2n) is 13.0. The fraction of sp³-hybridized carbons (Fsp3) is 0.378. The fourth-order valence-corrected chi connectivity index (χ4v) is 8.10. The Morgan fingerprint density at radius 1 is 1.04 bits per heavy atom. The fourth-order valence-electron chi connectivity index (χ4n) is 6.63. The van der Waals surface area contributed by atoms with Crippen molar-refractivity contribution in [2.75, 3.05) is 19.8 Å². The molecule has 0 bridgehead atoms. The van der Waals surface area contributed by atoms with Crippen LogP contribution >= 0.6 is 0 Å². The normalized spacial score (nSPS) is 15.3. The highest BCUT2D eigenvalue weighted by atomic mass is 32.2. The van der Waals surface area contributed by atoms with E-state index in [1.54, 1.807) is 13.8 Å². The van der Waals surface area contributed by atoms with E-state index in [1.807, 2.05) is 69.3 Å². The van der Waals surface area contributed by atoms with Crippen LogP contribution in [0.3, 0.4) is 0 Å². The summed E-state index contributed by atoms with van der Waals surface area (Å²) in [6, 6.07) is 15.0. The lowest BCUT2D eigenvalue weighted by Gasteiger charge is -2.19. The molecule has 1 heterocycles. The van der Waals surface area contributed by atoms with Gasteiger partial charge in [-0.05, 0) is 86.4 Å². The largest absolute Gasteiger partial charge is 0.487 e. The number of rotatable bonds is 12. The summed E-state index contributed by atoms with van der Waals surface area (Å²) in [5, 5.41) is 5.43. The van der Waals surface area contributed by atoms with Gasteiger partial charge in [-0.3, -0.25) is 0 Å². The molecule has 0 saturated heterocycles. The number of nitrogens with zero attached hydrogens (tertiary/aromatic N) is 1. The maximum atomic E-state index is 13.5. The Bertz CT molecular complexity index is 1870. The molecule has 1 amide bonds. The van der Waals surface area contributed by atoms with Crippen LogP contribution in [-0.2, 0) is 30.7 Å². The molecule has 2 aliphatic rings. The molecule has 0 fully saturated rings. The van der Waals surface area contributed by atoms with E-state index in [4.69, 9.17) is 19.9 Å². The van der Waals surface area contributed by atoms with E-state index in [-0.39, 0.29) is 43.0 Å². The van der Waals surface area contributed by atoms with Crippen molar-refractivity contribution in [3.8, 4) is 16.9 Å². The van der Waals surface area contributed by atoms with Gasteiger partial charge in [0.2, 0.25) is 5.96 Å². The summed E-state index contributed by atoms with van der Waals surface area (Å²) in [7, 11) is -4.16. The number of alkyl carbamates (subject to hydrolysis) is 1. The Balaban J connectivity index is 1.20. The van der Waals surface area contributed by atoms with Gasteiger partial charge in [0.25, 0.3) is 10.0 Å². The molecular weight excluding hydrogens is 644 g/mol. The summed E-state index contributed by atoms with van der Waals surface area (Å²) in [4.78, 5) is 25.9. The molecule has 0 unspecified atom stereocenters. The SMILES string of the molecule is C=CCOC(=O)[C@H](CCCN/C(N)=N/S(=O)(=O)c1c(C)c(C)c2c(c1C)CC(C)(C)O2)NC(=O)OCC1c2ccccc2-c2ccccc21. The molecule has 0 spiro atoms. The average Bonchev–Trinajstić information content (AvgIpc) is 3.56. The number of hydrogen-bond donors (Lipinski definition) is 3. The number of fused-ring (bicyclic) bond motifs is 4. The predicted molar refractivity (Wildman–Crippen MR) is 188 cm³/mol. The summed E-state index contributed by atoms with van der Waals surface area (Å²) in [6.07, 6.45) is 1.73. The minimum absolute atomic E-state index is 0.0258. The van der Waals surface area contributed by atoms with E-state index in [0.29, 0.717) is 24.0 Å². The zero-order valence-corrected chi connectivity index (χ0v) is 29.4. The maximum Gasteiger partial charge on any atom is 0.407 e. The highest BCUT2D eigenvalue weighted by Crippen LogP contribution is 2.45. The van der Waals surface area contributed by atoms with Crippen LogP contribution < -0.4 is 21.1 Å². The van der Waals surface area contributed by atoms with Crippen LogP contribution in [0.2, 0.25) is 0 Å². The molecule has 3 aromatic carbocycles. The molecule has 0 saturated carbocycles. The van der Waals surface area contributed by atoms with Gasteiger partial charge in [-0.25, -0.2) is 9.59 Å². The van der Waals surface area contributed by atoms with Crippen LogP contribution in [0, 0.1) is 20.8 Å². The van der Waals surface area contributed by atoms with Crippen LogP contribution in [0.25, 0.3) is 11.1 Å². The predicted octanol–water partition coefficient (Wildman–Crippen LogP) is 5.34. The Kier molecular flexibility index (Phi) is 10.4. The molecule has 49 heavy (non-hydrogen) atoms. The number of amides is 1. The highest BCUT2D eigenvalue weighted by molar-refractivity contribution is 7.90. The van der Waals surface area contributed by atoms with Crippen molar-refractivity contribution in [1.29, 1.82) is 0 Å². The van der Waals surface area contributed by atoms with Crippen LogP contribution in [-0.4, -0.2) is 57.8 Å². The molecule has 4 N–H and O–H groups in total. The lowest BCUT2D eigenvalue weighted by Crippen LogP contribution is -2.43. The van der Waals surface area contributed by atoms with Crippen molar-refractivity contribution < 1.29 is 32.2 Å². The number of sulfonamides is 1. The van der Waals surface area contributed by atoms with Crippen molar-refractivity contribution in [3.05, 3.63) is 94.6 Å². The van der Waals surface area contributed by atoms with Crippen LogP contribution in [0.1, 0.15) is 66.0 Å². The van der Waals surface area contributed by atoms with E-state index < -0.39 is 33.7 Å². The third kappa shape index (κ3) is 7.59. The first kappa shape index (κ1) is 35.5. The molecule has 5 rings (SSSR count). The second-order valence-corrected chi connectivity index (χ2v) is 14.6. The Hall–Kier alpha value is -4.84. The van der Waals surface area contributed by atoms with Gasteiger partial charge in [0.15, 0.2) is 0 Å². The van der Waals surface area contributed by atoms with Gasteiger partial charge in [0, 0.05) is 24.4 Å². The average molecular weight is 689 g/mol. The van der Waals surface area contributed by atoms with Crippen LogP contribution in [0.5, 0.6) is 5.75 Å². The minimum Gasteiger partial charge on any atom is -0.487 e. The van der Waals surface area contributed by atoms with Gasteiger partial charge in [0.1, 0.15) is 30.6 Å². The number of esters is 1. The van der Waals surface area contributed by atoms with Crippen LogP contribution in [0.4, 0.5) is 4.79 Å². The molecule has 1 aliphatic heterocycles. The van der Waals surface area contributed by atoms with E-state index in [0.717, 1.165) is 39.1 Å². The number of benzene rings is 3. The smallest absolute Gasteiger partial charge is 0.407 e. The molecule has 0 aromatic heterocycles. The topological polar surface area (TPSA) is 158 Å². The third-order valence-corrected chi connectivity index (χ3v) is 10.6. The first-order chi connectivity index (χ1) is 23.2. The number of carbonyl (C=O) groups is 2. The third-order valence-electron chi connectivity index (χ3n) is 9.01. The lowest BCUT2D eigenvalue weighted by atomic mass is 9.94. The standard InChI is InChI=1S/C37H44N4O7S/c1-7-19-46-34(42)31(40-36(43)47-21-30-27-15-10-8-13-25(27)26-14-9-11-16-28(26)30)17-12-18-39-35(38)41-49(44,45)33-23(3)22(2)32-29(24(33)4)20-37(5,6)48-32/h7-11,13-16,30-31H,1,12,17-21H2,2-6H3,(H,40,43)(H3,38,39,41)/t31-/m0/s1. The van der Waals surface area contributed by atoms with Crippen molar-refractivity contribution in [2.24, 2.45) is 10.1 Å².